The maximum atomic E-state index is 13.9. The first-order valence-electron chi connectivity index (χ1n) is 13.2. The molecule has 4 rings (SSSR count). The van der Waals surface area contributed by atoms with Crippen molar-refractivity contribution in [3.05, 3.63) is 35.9 Å². The van der Waals surface area contributed by atoms with Crippen molar-refractivity contribution in [1.29, 1.82) is 0 Å². The van der Waals surface area contributed by atoms with E-state index in [0.29, 0.717) is 32.4 Å². The van der Waals surface area contributed by atoms with E-state index in [9.17, 15) is 14.4 Å². The number of alkyl halides is 1. The Bertz CT molecular complexity index is 947. The molecule has 1 spiro atoms. The predicted molar refractivity (Wildman–Crippen MR) is 139 cm³/mol. The highest BCUT2D eigenvalue weighted by Gasteiger charge is 2.76. The molecule has 1 aromatic carbocycles. The number of carbonyl (C=O) groups is 3. The van der Waals surface area contributed by atoms with E-state index >= 15 is 0 Å². The maximum Gasteiger partial charge on any atom is 0.246 e. The zero-order valence-electron chi connectivity index (χ0n) is 21.1. The largest absolute Gasteiger partial charge is 0.396 e. The van der Waals surface area contributed by atoms with Crippen molar-refractivity contribution in [2.45, 2.75) is 87.5 Å². The molecule has 0 saturated carbocycles. The van der Waals surface area contributed by atoms with Gasteiger partial charge in [0.25, 0.3) is 0 Å². The molecule has 3 saturated heterocycles. The molecule has 7 atom stereocenters. The minimum absolute atomic E-state index is 0.0207. The number of hydrogen-bond acceptors (Lipinski definition) is 5. The molecular weight excluding hydrogens is 526 g/mol. The van der Waals surface area contributed by atoms with Gasteiger partial charge in [-0.05, 0) is 44.6 Å². The number of hydrogen-bond donors (Lipinski definition) is 3. The zero-order chi connectivity index (χ0) is 25.9. The van der Waals surface area contributed by atoms with E-state index < -0.39 is 29.6 Å². The molecule has 3 amide bonds. The molecule has 0 radical (unpaired) electrons. The van der Waals surface area contributed by atoms with Crippen LogP contribution in [-0.4, -0.2) is 69.5 Å². The van der Waals surface area contributed by atoms with Gasteiger partial charge in [-0.2, -0.15) is 0 Å². The first-order chi connectivity index (χ1) is 17.3. The van der Waals surface area contributed by atoms with Gasteiger partial charge in [-0.1, -0.05) is 59.6 Å². The third-order valence-electron chi connectivity index (χ3n) is 7.82. The number of benzene rings is 1. The lowest BCUT2D eigenvalue weighted by Gasteiger charge is -2.34. The summed E-state index contributed by atoms with van der Waals surface area (Å²) in [7, 11) is 0. The average Bonchev–Trinajstić information content (AvgIpc) is 3.44. The van der Waals surface area contributed by atoms with E-state index in [-0.39, 0.29) is 35.2 Å². The molecule has 3 aliphatic heterocycles. The van der Waals surface area contributed by atoms with Crippen LogP contribution in [0.15, 0.2) is 30.3 Å². The highest BCUT2D eigenvalue weighted by Crippen LogP contribution is 2.60. The molecule has 4 unspecified atom stereocenters. The Balaban J connectivity index is 1.59. The molecular formula is C27H38BrN3O5. The lowest BCUT2D eigenvalue weighted by Crippen LogP contribution is -2.57. The van der Waals surface area contributed by atoms with Crippen molar-refractivity contribution in [2.24, 2.45) is 11.8 Å². The smallest absolute Gasteiger partial charge is 0.246 e. The number of nitrogens with one attached hydrogen (secondary N) is 2. The number of nitrogens with zero attached hydrogens (tertiary/aromatic N) is 1. The fraction of sp³-hybridized carbons (Fsp3) is 0.667. The number of fused-ring (bicyclic) bond motifs is 1. The third-order valence-corrected chi connectivity index (χ3v) is 8.66. The lowest BCUT2D eigenvalue weighted by molar-refractivity contribution is -0.142. The van der Waals surface area contributed by atoms with Crippen molar-refractivity contribution in [3.8, 4) is 0 Å². The number of ether oxygens (including phenoxy) is 1. The van der Waals surface area contributed by atoms with Gasteiger partial charge in [0.2, 0.25) is 17.7 Å². The number of amides is 3. The predicted octanol–water partition coefficient (Wildman–Crippen LogP) is 2.52. The van der Waals surface area contributed by atoms with Crippen LogP contribution in [0.1, 0.15) is 57.9 Å². The number of aliphatic hydroxyl groups excluding tert-OH is 1. The molecule has 3 fully saturated rings. The van der Waals surface area contributed by atoms with Gasteiger partial charge in [-0.3, -0.25) is 14.4 Å². The first kappa shape index (κ1) is 27.1. The summed E-state index contributed by atoms with van der Waals surface area (Å²) >= 11 is 3.70. The molecule has 0 aliphatic carbocycles. The summed E-state index contributed by atoms with van der Waals surface area (Å²) in [5.74, 6) is -1.95. The quantitative estimate of drug-likeness (QED) is 0.267. The first-order valence-corrected chi connectivity index (χ1v) is 14.1. The van der Waals surface area contributed by atoms with Gasteiger partial charge in [0, 0.05) is 30.6 Å². The molecule has 1 aromatic rings. The summed E-state index contributed by atoms with van der Waals surface area (Å²) in [6.45, 7) is 4.90. The molecule has 8 nitrogen and oxygen atoms in total. The Labute approximate surface area is 221 Å². The van der Waals surface area contributed by atoms with E-state index in [1.165, 1.54) is 0 Å². The minimum atomic E-state index is -1.03. The molecule has 3 aliphatic rings. The fourth-order valence-corrected chi connectivity index (χ4v) is 7.21. The summed E-state index contributed by atoms with van der Waals surface area (Å²) in [4.78, 5) is 42.5. The fourth-order valence-electron chi connectivity index (χ4n) is 6.27. The molecule has 0 aromatic heterocycles. The van der Waals surface area contributed by atoms with Crippen LogP contribution in [0.2, 0.25) is 0 Å². The number of aliphatic hydroxyl groups is 1. The van der Waals surface area contributed by atoms with Gasteiger partial charge in [0.15, 0.2) is 0 Å². The number of likely N-dealkylation sites (tertiary alicyclic amines) is 1. The molecule has 3 N–H and O–H groups in total. The number of rotatable bonds is 12. The highest BCUT2D eigenvalue weighted by atomic mass is 79.9. The van der Waals surface area contributed by atoms with Crippen molar-refractivity contribution in [3.63, 3.8) is 0 Å². The third kappa shape index (κ3) is 5.07. The van der Waals surface area contributed by atoms with Crippen molar-refractivity contribution < 1.29 is 24.2 Å². The summed E-state index contributed by atoms with van der Waals surface area (Å²) in [5, 5.41) is 15.3. The van der Waals surface area contributed by atoms with E-state index in [1.807, 2.05) is 37.3 Å². The Morgan fingerprint density at radius 1 is 1.22 bits per heavy atom. The second-order valence-electron chi connectivity index (χ2n) is 10.4. The monoisotopic (exact) mass is 563 g/mol. The van der Waals surface area contributed by atoms with E-state index in [0.717, 1.165) is 24.8 Å². The highest BCUT2D eigenvalue weighted by molar-refractivity contribution is 9.09. The zero-order valence-corrected chi connectivity index (χ0v) is 22.7. The van der Waals surface area contributed by atoms with Crippen LogP contribution >= 0.6 is 15.9 Å². The Morgan fingerprint density at radius 3 is 2.67 bits per heavy atom. The van der Waals surface area contributed by atoms with E-state index in [1.54, 1.807) is 4.90 Å². The van der Waals surface area contributed by atoms with Gasteiger partial charge in [-0.25, -0.2) is 0 Å². The average molecular weight is 565 g/mol. The second kappa shape index (κ2) is 11.6. The maximum absolute atomic E-state index is 13.9. The summed E-state index contributed by atoms with van der Waals surface area (Å²) in [6, 6.07) is 8.85. The molecule has 3 heterocycles. The normalized spacial score (nSPS) is 31.4. The molecule has 2 bridgehead atoms. The van der Waals surface area contributed by atoms with Crippen LogP contribution < -0.4 is 10.6 Å². The van der Waals surface area contributed by atoms with Gasteiger partial charge >= 0.3 is 0 Å². The number of carbonyl (C=O) groups excluding carboxylic acids is 3. The summed E-state index contributed by atoms with van der Waals surface area (Å²) in [5.41, 5.74) is -0.0528. The van der Waals surface area contributed by atoms with Crippen LogP contribution in [0, 0.1) is 11.8 Å². The molecule has 9 heteroatoms. The van der Waals surface area contributed by atoms with Crippen LogP contribution in [0.4, 0.5) is 0 Å². The second-order valence-corrected chi connectivity index (χ2v) is 11.6. The summed E-state index contributed by atoms with van der Waals surface area (Å²) in [6.07, 6.45) is 3.90. The molecule has 36 heavy (non-hydrogen) atoms. The SMILES string of the molecule is CCCC(C)NC(=O)C1N(CCCCCO)C(=O)[C@@H]2[C@H](C(=O)NCc3ccccc3)[C@H]3OC12CC3Br. The standard InChI is InChI=1S/C27H38BrN3O5/c1-3-10-17(2)30-25(34)23-27-15-19(28)22(36-27)20(24(33)29-16-18-11-6-4-7-12-18)21(27)26(35)31(23)13-8-5-9-14-32/h4,6-7,11-12,17,19-23,32H,3,5,8-10,13-16H2,1-2H3,(H,29,33)(H,30,34)/t17?,19?,20-,21-,22-,23?,27?/m0/s1. The van der Waals surface area contributed by atoms with Crippen molar-refractivity contribution in [2.75, 3.05) is 13.2 Å². The van der Waals surface area contributed by atoms with Crippen LogP contribution in [0.5, 0.6) is 0 Å². The number of halogens is 1. The van der Waals surface area contributed by atoms with Crippen molar-refractivity contribution in [1.82, 2.24) is 15.5 Å². The van der Waals surface area contributed by atoms with Gasteiger partial charge < -0.3 is 25.4 Å². The number of unbranched alkanes of at least 4 members (excludes halogenated alkanes) is 2. The Morgan fingerprint density at radius 2 is 1.97 bits per heavy atom. The van der Waals surface area contributed by atoms with Gasteiger partial charge in [-0.15, -0.1) is 0 Å². The van der Waals surface area contributed by atoms with Gasteiger partial charge in [0.05, 0.1) is 17.9 Å². The Hall–Kier alpha value is -1.97. The van der Waals surface area contributed by atoms with E-state index in [4.69, 9.17) is 9.84 Å². The van der Waals surface area contributed by atoms with Gasteiger partial charge in [0.1, 0.15) is 11.6 Å². The topological polar surface area (TPSA) is 108 Å². The lowest BCUT2D eigenvalue weighted by atomic mass is 9.70. The van der Waals surface area contributed by atoms with Crippen LogP contribution in [0.3, 0.4) is 0 Å². The van der Waals surface area contributed by atoms with E-state index in [2.05, 4.69) is 33.5 Å². The minimum Gasteiger partial charge on any atom is -0.396 e. The Kier molecular flexibility index (Phi) is 8.73. The summed E-state index contributed by atoms with van der Waals surface area (Å²) < 4.78 is 6.51. The van der Waals surface area contributed by atoms with Crippen molar-refractivity contribution >= 4 is 33.7 Å². The molecule has 198 valence electrons. The van der Waals surface area contributed by atoms with Crippen LogP contribution in [0.25, 0.3) is 0 Å². The van der Waals surface area contributed by atoms with Crippen LogP contribution in [-0.2, 0) is 25.7 Å².